The molecule has 2 aromatic carbocycles. The van der Waals surface area contributed by atoms with Gasteiger partial charge in [-0.15, -0.1) is 0 Å². The molecule has 5 nitrogen and oxygen atoms in total. The summed E-state index contributed by atoms with van der Waals surface area (Å²) in [5.41, 5.74) is 5.51. The van der Waals surface area contributed by atoms with Crippen LogP contribution in [0, 0.1) is 0 Å². The fraction of sp³-hybridized carbons (Fsp3) is 0.176. The van der Waals surface area contributed by atoms with E-state index in [-0.39, 0.29) is 0 Å². The summed E-state index contributed by atoms with van der Waals surface area (Å²) in [6, 6.07) is 15.1. The van der Waals surface area contributed by atoms with Gasteiger partial charge in [0.2, 0.25) is 0 Å². The molecule has 0 fully saturated rings. The molecular formula is C17H19N3O2S. The van der Waals surface area contributed by atoms with Crippen LogP contribution in [-0.4, -0.2) is 25.0 Å². The quantitative estimate of drug-likeness (QED) is 0.500. The molecule has 0 aliphatic carbocycles. The van der Waals surface area contributed by atoms with E-state index in [1.54, 1.807) is 14.2 Å². The summed E-state index contributed by atoms with van der Waals surface area (Å²) in [7, 11) is 3.27. The average Bonchev–Trinajstić information content (AvgIpc) is 2.60. The highest BCUT2D eigenvalue weighted by atomic mass is 32.1. The van der Waals surface area contributed by atoms with E-state index in [1.165, 1.54) is 0 Å². The molecule has 0 aromatic heterocycles. The molecule has 2 N–H and O–H groups in total. The van der Waals surface area contributed by atoms with Crippen molar-refractivity contribution >= 4 is 28.7 Å². The molecular weight excluding hydrogens is 310 g/mol. The van der Waals surface area contributed by atoms with E-state index in [1.807, 2.05) is 55.5 Å². The van der Waals surface area contributed by atoms with Crippen LogP contribution in [0.15, 0.2) is 53.6 Å². The Morgan fingerprint density at radius 2 is 1.43 bits per heavy atom. The summed E-state index contributed by atoms with van der Waals surface area (Å²) in [6.45, 7) is 1.91. The molecule has 0 unspecified atom stereocenters. The van der Waals surface area contributed by atoms with Crippen LogP contribution in [0.3, 0.4) is 0 Å². The number of hydrogen-bond acceptors (Lipinski definition) is 4. The molecule has 0 bridgehead atoms. The summed E-state index contributed by atoms with van der Waals surface area (Å²) >= 11 is 5.22. The third-order valence-electron chi connectivity index (χ3n) is 3.18. The maximum atomic E-state index is 5.22. The highest BCUT2D eigenvalue weighted by Gasteiger charge is 2.00. The van der Waals surface area contributed by atoms with Crippen molar-refractivity contribution in [3.63, 3.8) is 0 Å². The number of hydrazone groups is 1. The SMILES string of the molecule is COc1ccc(NC(=S)N/N=C(/C)c2ccc(OC)cc2)cc1. The number of thiocarbonyl (C=S) groups is 1. The van der Waals surface area contributed by atoms with E-state index in [9.17, 15) is 0 Å². The van der Waals surface area contributed by atoms with Gasteiger partial charge in [0.05, 0.1) is 19.9 Å². The van der Waals surface area contributed by atoms with Gasteiger partial charge in [-0.05, 0) is 73.2 Å². The minimum atomic E-state index is 0.419. The fourth-order valence-corrected chi connectivity index (χ4v) is 2.03. The second-order valence-electron chi connectivity index (χ2n) is 4.72. The van der Waals surface area contributed by atoms with Gasteiger partial charge in [0, 0.05) is 5.69 Å². The molecule has 0 saturated carbocycles. The maximum absolute atomic E-state index is 5.22. The van der Waals surface area contributed by atoms with Crippen LogP contribution >= 0.6 is 12.2 Å². The number of benzene rings is 2. The number of rotatable bonds is 5. The molecule has 0 saturated heterocycles. The smallest absolute Gasteiger partial charge is 0.191 e. The first-order valence-electron chi connectivity index (χ1n) is 7.02. The van der Waals surface area contributed by atoms with Gasteiger partial charge in [-0.2, -0.15) is 5.10 Å². The third kappa shape index (κ3) is 4.96. The zero-order chi connectivity index (χ0) is 16.7. The zero-order valence-corrected chi connectivity index (χ0v) is 14.1. The molecule has 2 rings (SSSR count). The third-order valence-corrected chi connectivity index (χ3v) is 3.37. The highest BCUT2D eigenvalue weighted by Crippen LogP contribution is 2.15. The molecule has 0 radical (unpaired) electrons. The monoisotopic (exact) mass is 329 g/mol. The molecule has 120 valence electrons. The van der Waals surface area contributed by atoms with Crippen molar-refractivity contribution in [2.24, 2.45) is 5.10 Å². The van der Waals surface area contributed by atoms with Crippen LogP contribution in [0.1, 0.15) is 12.5 Å². The van der Waals surface area contributed by atoms with Crippen molar-refractivity contribution in [1.29, 1.82) is 0 Å². The number of anilines is 1. The standard InChI is InChI=1S/C17H19N3O2S/c1-12(13-4-8-15(21-2)9-5-13)19-20-17(23)18-14-6-10-16(22-3)11-7-14/h4-11H,1-3H3,(H2,18,20,23)/b19-12-. The van der Waals surface area contributed by atoms with E-state index in [4.69, 9.17) is 21.7 Å². The predicted molar refractivity (Wildman–Crippen MR) is 97.6 cm³/mol. The Hall–Kier alpha value is -2.60. The van der Waals surface area contributed by atoms with Crippen molar-refractivity contribution in [1.82, 2.24) is 5.43 Å². The maximum Gasteiger partial charge on any atom is 0.191 e. The number of methoxy groups -OCH3 is 2. The molecule has 0 aliphatic heterocycles. The molecule has 6 heteroatoms. The molecule has 0 amide bonds. The van der Waals surface area contributed by atoms with Crippen LogP contribution in [0.2, 0.25) is 0 Å². The van der Waals surface area contributed by atoms with Crippen molar-refractivity contribution in [3.05, 3.63) is 54.1 Å². The number of nitrogens with zero attached hydrogens (tertiary/aromatic N) is 1. The van der Waals surface area contributed by atoms with Gasteiger partial charge in [-0.25, -0.2) is 0 Å². The zero-order valence-electron chi connectivity index (χ0n) is 13.3. The van der Waals surface area contributed by atoms with E-state index in [0.717, 1.165) is 28.5 Å². The Morgan fingerprint density at radius 1 is 0.913 bits per heavy atom. The van der Waals surface area contributed by atoms with Gasteiger partial charge >= 0.3 is 0 Å². The highest BCUT2D eigenvalue weighted by molar-refractivity contribution is 7.80. The van der Waals surface area contributed by atoms with Crippen molar-refractivity contribution < 1.29 is 9.47 Å². The minimum absolute atomic E-state index is 0.419. The van der Waals surface area contributed by atoms with Crippen LogP contribution in [0.4, 0.5) is 5.69 Å². The van der Waals surface area contributed by atoms with Gasteiger partial charge < -0.3 is 14.8 Å². The second kappa shape index (κ2) is 8.14. The van der Waals surface area contributed by atoms with E-state index >= 15 is 0 Å². The largest absolute Gasteiger partial charge is 0.497 e. The Bertz CT molecular complexity index is 682. The van der Waals surface area contributed by atoms with E-state index in [2.05, 4.69) is 15.8 Å². The molecule has 2 aromatic rings. The Balaban J connectivity index is 1.93. The first kappa shape index (κ1) is 16.8. The Kier molecular flexibility index (Phi) is 5.94. The molecule has 23 heavy (non-hydrogen) atoms. The lowest BCUT2D eigenvalue weighted by atomic mass is 10.1. The summed E-state index contributed by atoms with van der Waals surface area (Å²) in [5, 5.41) is 7.75. The van der Waals surface area contributed by atoms with Crippen molar-refractivity contribution in [3.8, 4) is 11.5 Å². The fourth-order valence-electron chi connectivity index (χ4n) is 1.86. The van der Waals surface area contributed by atoms with Crippen LogP contribution in [0.5, 0.6) is 11.5 Å². The van der Waals surface area contributed by atoms with Gasteiger partial charge in [-0.3, -0.25) is 5.43 Å². The first-order valence-corrected chi connectivity index (χ1v) is 7.43. The average molecular weight is 329 g/mol. The summed E-state index contributed by atoms with van der Waals surface area (Å²) in [6.07, 6.45) is 0. The summed E-state index contributed by atoms with van der Waals surface area (Å²) in [5.74, 6) is 1.61. The number of ether oxygens (including phenoxy) is 2. The Labute approximate surface area is 141 Å². The van der Waals surface area contributed by atoms with Gasteiger partial charge in [0.15, 0.2) is 5.11 Å². The molecule has 0 atom stereocenters. The van der Waals surface area contributed by atoms with Crippen molar-refractivity contribution in [2.45, 2.75) is 6.92 Å². The topological polar surface area (TPSA) is 54.9 Å². The first-order chi connectivity index (χ1) is 11.1. The lowest BCUT2D eigenvalue weighted by Gasteiger charge is -2.09. The molecule has 0 aliphatic rings. The number of nitrogens with one attached hydrogen (secondary N) is 2. The lowest BCUT2D eigenvalue weighted by molar-refractivity contribution is 0.414. The predicted octanol–water partition coefficient (Wildman–Crippen LogP) is 3.41. The number of hydrogen-bond donors (Lipinski definition) is 2. The normalized spacial score (nSPS) is 10.8. The van der Waals surface area contributed by atoms with Gasteiger partial charge in [0.1, 0.15) is 11.5 Å². The van der Waals surface area contributed by atoms with Crippen LogP contribution in [-0.2, 0) is 0 Å². The lowest BCUT2D eigenvalue weighted by Crippen LogP contribution is -2.24. The van der Waals surface area contributed by atoms with Gasteiger partial charge in [0.25, 0.3) is 0 Å². The summed E-state index contributed by atoms with van der Waals surface area (Å²) < 4.78 is 10.2. The molecule has 0 heterocycles. The summed E-state index contributed by atoms with van der Waals surface area (Å²) in [4.78, 5) is 0. The minimum Gasteiger partial charge on any atom is -0.497 e. The van der Waals surface area contributed by atoms with Gasteiger partial charge in [-0.1, -0.05) is 0 Å². The van der Waals surface area contributed by atoms with Crippen LogP contribution < -0.4 is 20.2 Å². The van der Waals surface area contributed by atoms with Crippen molar-refractivity contribution in [2.75, 3.05) is 19.5 Å². The van der Waals surface area contributed by atoms with Crippen LogP contribution in [0.25, 0.3) is 0 Å². The Morgan fingerprint density at radius 3 is 1.96 bits per heavy atom. The second-order valence-corrected chi connectivity index (χ2v) is 5.13. The molecule has 0 spiro atoms. The van der Waals surface area contributed by atoms with E-state index in [0.29, 0.717) is 5.11 Å². The van der Waals surface area contributed by atoms with E-state index < -0.39 is 0 Å².